The number of sulfonamides is 1. The zero-order valence-electron chi connectivity index (χ0n) is 15.7. The average Bonchev–Trinajstić information content (AvgIpc) is 2.56. The van der Waals surface area contributed by atoms with Crippen LogP contribution in [0.5, 0.6) is 5.75 Å². The van der Waals surface area contributed by atoms with Gasteiger partial charge in [0.25, 0.3) is 0 Å². The fraction of sp³-hybridized carbons (Fsp3) is 0.611. The van der Waals surface area contributed by atoms with Gasteiger partial charge in [0, 0.05) is 32.6 Å². The van der Waals surface area contributed by atoms with E-state index in [0.29, 0.717) is 44.3 Å². The molecule has 1 heterocycles. The Hall–Kier alpha value is -1.60. The van der Waals surface area contributed by atoms with Crippen molar-refractivity contribution in [1.82, 2.24) is 9.21 Å². The van der Waals surface area contributed by atoms with Crippen LogP contribution in [-0.2, 0) is 14.8 Å². The summed E-state index contributed by atoms with van der Waals surface area (Å²) in [5.74, 6) is 0.756. The van der Waals surface area contributed by atoms with Gasteiger partial charge in [-0.25, -0.2) is 8.42 Å². The highest BCUT2D eigenvalue weighted by atomic mass is 32.2. The van der Waals surface area contributed by atoms with Gasteiger partial charge in [-0.05, 0) is 43.0 Å². The molecule has 0 N–H and O–H groups in total. The predicted molar refractivity (Wildman–Crippen MR) is 97.3 cm³/mol. The Labute approximate surface area is 150 Å². The summed E-state index contributed by atoms with van der Waals surface area (Å²) in [7, 11) is -2.17. The Morgan fingerprint density at radius 2 is 1.68 bits per heavy atom. The first kappa shape index (κ1) is 19.7. The molecule has 0 unspecified atom stereocenters. The summed E-state index contributed by atoms with van der Waals surface area (Å²) in [6.07, 6.45) is 0.498. The molecule has 1 aromatic carbocycles. The van der Waals surface area contributed by atoms with Gasteiger partial charge in [-0.2, -0.15) is 4.31 Å². The second-order valence-electron chi connectivity index (χ2n) is 6.97. The number of nitrogens with zero attached hydrogens (tertiary/aromatic N) is 2. The zero-order chi connectivity index (χ0) is 18.8. The molecule has 25 heavy (non-hydrogen) atoms. The standard InChI is InChI=1S/C18H28N2O4S/c1-13(2)10-18(21)19-6-8-20(9-7-19)25(22,23)17-12-15(4)14(3)11-16(17)24-5/h11-13H,6-10H2,1-5H3. The number of rotatable bonds is 5. The molecule has 1 amide bonds. The molecule has 0 saturated carbocycles. The Morgan fingerprint density at radius 1 is 1.12 bits per heavy atom. The summed E-state index contributed by atoms with van der Waals surface area (Å²) in [4.78, 5) is 14.1. The van der Waals surface area contributed by atoms with Gasteiger partial charge in [0.15, 0.2) is 0 Å². The number of hydrogen-bond acceptors (Lipinski definition) is 4. The first-order valence-corrected chi connectivity index (χ1v) is 10.0. The zero-order valence-corrected chi connectivity index (χ0v) is 16.5. The van der Waals surface area contributed by atoms with E-state index in [0.717, 1.165) is 11.1 Å². The molecular weight excluding hydrogens is 340 g/mol. The van der Waals surface area contributed by atoms with E-state index < -0.39 is 10.0 Å². The molecule has 7 heteroatoms. The summed E-state index contributed by atoms with van der Waals surface area (Å²) >= 11 is 0. The molecule has 1 fully saturated rings. The van der Waals surface area contributed by atoms with Gasteiger partial charge in [0.1, 0.15) is 10.6 Å². The summed E-state index contributed by atoms with van der Waals surface area (Å²) in [5.41, 5.74) is 1.89. The second kappa shape index (κ2) is 7.74. The number of aryl methyl sites for hydroxylation is 2. The van der Waals surface area contributed by atoms with Crippen molar-refractivity contribution in [2.75, 3.05) is 33.3 Å². The van der Waals surface area contributed by atoms with Crippen molar-refractivity contribution in [3.8, 4) is 5.75 Å². The molecule has 1 aliphatic heterocycles. The molecule has 0 aromatic heterocycles. The van der Waals surface area contributed by atoms with E-state index >= 15 is 0 Å². The minimum absolute atomic E-state index is 0.0933. The highest BCUT2D eigenvalue weighted by molar-refractivity contribution is 7.89. The summed E-state index contributed by atoms with van der Waals surface area (Å²) in [6.45, 7) is 9.29. The van der Waals surface area contributed by atoms with E-state index in [1.54, 1.807) is 17.0 Å². The van der Waals surface area contributed by atoms with Crippen molar-refractivity contribution in [2.45, 2.75) is 39.0 Å². The number of carbonyl (C=O) groups excluding carboxylic acids is 1. The summed E-state index contributed by atoms with van der Waals surface area (Å²) < 4.78 is 32.8. The number of benzene rings is 1. The summed E-state index contributed by atoms with van der Waals surface area (Å²) in [6, 6.07) is 3.42. The maximum absolute atomic E-state index is 13.0. The normalized spacial score (nSPS) is 16.3. The predicted octanol–water partition coefficient (Wildman–Crippen LogP) is 2.19. The minimum Gasteiger partial charge on any atom is -0.495 e. The van der Waals surface area contributed by atoms with E-state index in [2.05, 4.69) is 0 Å². The monoisotopic (exact) mass is 368 g/mol. The van der Waals surface area contributed by atoms with Crippen LogP contribution < -0.4 is 4.74 Å². The second-order valence-corrected chi connectivity index (χ2v) is 8.88. The number of carbonyl (C=O) groups is 1. The quantitative estimate of drug-likeness (QED) is 0.799. The lowest BCUT2D eigenvalue weighted by Gasteiger charge is -2.34. The van der Waals surface area contributed by atoms with Crippen molar-refractivity contribution >= 4 is 15.9 Å². The van der Waals surface area contributed by atoms with Crippen LogP contribution in [0.1, 0.15) is 31.4 Å². The highest BCUT2D eigenvalue weighted by Crippen LogP contribution is 2.30. The average molecular weight is 368 g/mol. The number of amides is 1. The molecule has 1 aromatic rings. The molecular formula is C18H28N2O4S. The Balaban J connectivity index is 2.18. The van der Waals surface area contributed by atoms with Crippen LogP contribution in [0, 0.1) is 19.8 Å². The van der Waals surface area contributed by atoms with Gasteiger partial charge >= 0.3 is 0 Å². The first-order valence-electron chi connectivity index (χ1n) is 8.60. The lowest BCUT2D eigenvalue weighted by molar-refractivity contribution is -0.133. The Morgan fingerprint density at radius 3 is 2.20 bits per heavy atom. The van der Waals surface area contributed by atoms with Crippen molar-refractivity contribution in [3.05, 3.63) is 23.3 Å². The molecule has 1 aliphatic rings. The van der Waals surface area contributed by atoms with Gasteiger partial charge < -0.3 is 9.64 Å². The third-order valence-electron chi connectivity index (χ3n) is 4.57. The topological polar surface area (TPSA) is 66.9 Å². The van der Waals surface area contributed by atoms with Crippen LogP contribution >= 0.6 is 0 Å². The molecule has 2 rings (SSSR count). The van der Waals surface area contributed by atoms with Crippen molar-refractivity contribution in [2.24, 2.45) is 5.92 Å². The van der Waals surface area contributed by atoms with Crippen LogP contribution in [0.3, 0.4) is 0 Å². The largest absolute Gasteiger partial charge is 0.495 e. The van der Waals surface area contributed by atoms with Gasteiger partial charge in [-0.1, -0.05) is 13.8 Å². The van der Waals surface area contributed by atoms with Crippen LogP contribution in [0.15, 0.2) is 17.0 Å². The first-order chi connectivity index (χ1) is 11.7. The lowest BCUT2D eigenvalue weighted by atomic mass is 10.1. The maximum Gasteiger partial charge on any atom is 0.246 e. The lowest BCUT2D eigenvalue weighted by Crippen LogP contribution is -2.50. The fourth-order valence-corrected chi connectivity index (χ4v) is 4.56. The molecule has 140 valence electrons. The van der Waals surface area contributed by atoms with Crippen molar-refractivity contribution < 1.29 is 17.9 Å². The molecule has 1 saturated heterocycles. The Bertz CT molecular complexity index is 736. The molecule has 6 nitrogen and oxygen atoms in total. The van der Waals surface area contributed by atoms with Crippen LogP contribution in [-0.4, -0.2) is 56.8 Å². The van der Waals surface area contributed by atoms with E-state index in [1.807, 2.05) is 27.7 Å². The maximum atomic E-state index is 13.0. The van der Waals surface area contributed by atoms with Crippen LogP contribution in [0.2, 0.25) is 0 Å². The molecule has 0 bridgehead atoms. The van der Waals surface area contributed by atoms with Gasteiger partial charge in [-0.3, -0.25) is 4.79 Å². The van der Waals surface area contributed by atoms with Crippen LogP contribution in [0.25, 0.3) is 0 Å². The smallest absolute Gasteiger partial charge is 0.246 e. The number of methoxy groups -OCH3 is 1. The number of ether oxygens (including phenoxy) is 1. The number of hydrogen-bond donors (Lipinski definition) is 0. The van der Waals surface area contributed by atoms with Gasteiger partial charge in [-0.15, -0.1) is 0 Å². The minimum atomic E-state index is -3.65. The molecule has 0 spiro atoms. The fourth-order valence-electron chi connectivity index (χ4n) is 2.92. The SMILES string of the molecule is COc1cc(C)c(C)cc1S(=O)(=O)N1CCN(C(=O)CC(C)C)CC1. The third kappa shape index (κ3) is 4.33. The third-order valence-corrected chi connectivity index (χ3v) is 6.49. The van der Waals surface area contributed by atoms with E-state index in [1.165, 1.54) is 11.4 Å². The van der Waals surface area contributed by atoms with Gasteiger partial charge in [0.2, 0.25) is 15.9 Å². The van der Waals surface area contributed by atoms with Crippen LogP contribution in [0.4, 0.5) is 0 Å². The molecule has 0 atom stereocenters. The highest BCUT2D eigenvalue weighted by Gasteiger charge is 2.32. The van der Waals surface area contributed by atoms with E-state index in [9.17, 15) is 13.2 Å². The van der Waals surface area contributed by atoms with Crippen molar-refractivity contribution in [3.63, 3.8) is 0 Å². The van der Waals surface area contributed by atoms with E-state index in [-0.39, 0.29) is 10.8 Å². The Kier molecular flexibility index (Phi) is 6.11. The van der Waals surface area contributed by atoms with E-state index in [4.69, 9.17) is 4.74 Å². The van der Waals surface area contributed by atoms with Gasteiger partial charge in [0.05, 0.1) is 7.11 Å². The number of piperazine rings is 1. The van der Waals surface area contributed by atoms with Crippen molar-refractivity contribution in [1.29, 1.82) is 0 Å². The molecule has 0 aliphatic carbocycles. The summed E-state index contributed by atoms with van der Waals surface area (Å²) in [5, 5.41) is 0. The molecule has 0 radical (unpaired) electrons.